The average Bonchev–Trinajstić information content (AvgIpc) is 3.32. The van der Waals surface area contributed by atoms with Crippen LogP contribution in [0.15, 0.2) is 59.5 Å². The van der Waals surface area contributed by atoms with Crippen LogP contribution in [-0.2, 0) is 19.6 Å². The first kappa shape index (κ1) is 22.9. The summed E-state index contributed by atoms with van der Waals surface area (Å²) in [5, 5.41) is 3.06. The van der Waals surface area contributed by atoms with Crippen molar-refractivity contribution in [3.63, 3.8) is 0 Å². The minimum absolute atomic E-state index is 0.0209. The third kappa shape index (κ3) is 5.04. The van der Waals surface area contributed by atoms with Crippen LogP contribution < -0.4 is 5.32 Å². The summed E-state index contributed by atoms with van der Waals surface area (Å²) >= 11 is 0. The van der Waals surface area contributed by atoms with Crippen molar-refractivity contribution in [1.29, 1.82) is 0 Å². The van der Waals surface area contributed by atoms with Crippen LogP contribution in [0.1, 0.15) is 30.0 Å². The predicted molar refractivity (Wildman–Crippen MR) is 123 cm³/mol. The minimum atomic E-state index is -3.72. The predicted octanol–water partition coefficient (Wildman–Crippen LogP) is 2.34. The molecule has 0 spiro atoms. The van der Waals surface area contributed by atoms with E-state index in [0.29, 0.717) is 39.1 Å². The highest BCUT2D eigenvalue weighted by Crippen LogP contribution is 2.27. The molecule has 4 rings (SSSR count). The smallest absolute Gasteiger partial charge is 0.243 e. The first-order chi connectivity index (χ1) is 15.5. The number of carbonyl (C=O) groups excluding carboxylic acids is 1. The SMILES string of the molecule is Cc1ccc(S(=O)(=O)N2CCC[C@H]2C(=O)NCC(c2ccccc2)N2CCOCC2)cc1. The molecule has 2 fully saturated rings. The summed E-state index contributed by atoms with van der Waals surface area (Å²) in [4.78, 5) is 15.7. The average molecular weight is 458 g/mol. The molecule has 8 heteroatoms. The van der Waals surface area contributed by atoms with Gasteiger partial charge in [-0.3, -0.25) is 9.69 Å². The maximum Gasteiger partial charge on any atom is 0.243 e. The molecule has 32 heavy (non-hydrogen) atoms. The molecular weight excluding hydrogens is 426 g/mol. The van der Waals surface area contributed by atoms with Gasteiger partial charge >= 0.3 is 0 Å². The van der Waals surface area contributed by atoms with E-state index in [-0.39, 0.29) is 16.8 Å². The lowest BCUT2D eigenvalue weighted by Gasteiger charge is -2.35. The molecule has 1 amide bonds. The molecule has 0 aliphatic carbocycles. The lowest BCUT2D eigenvalue weighted by Crippen LogP contribution is -2.49. The fourth-order valence-electron chi connectivity index (χ4n) is 4.47. The van der Waals surface area contributed by atoms with Crippen molar-refractivity contribution in [2.45, 2.75) is 36.7 Å². The van der Waals surface area contributed by atoms with E-state index in [1.807, 2.05) is 25.1 Å². The fourth-order valence-corrected chi connectivity index (χ4v) is 6.13. The monoisotopic (exact) mass is 457 g/mol. The molecule has 0 radical (unpaired) electrons. The number of hydrogen-bond acceptors (Lipinski definition) is 5. The number of rotatable bonds is 7. The van der Waals surface area contributed by atoms with Crippen LogP contribution in [0.5, 0.6) is 0 Å². The van der Waals surface area contributed by atoms with E-state index < -0.39 is 16.1 Å². The standard InChI is InChI=1S/C24H31N3O4S/c1-19-9-11-21(12-10-19)32(29,30)27-13-5-8-22(27)24(28)25-18-23(20-6-3-2-4-7-20)26-14-16-31-17-15-26/h2-4,6-7,9-12,22-23H,5,8,13-18H2,1H3,(H,25,28)/t22-,23?/m0/s1. The van der Waals surface area contributed by atoms with E-state index in [1.54, 1.807) is 24.3 Å². The molecule has 2 heterocycles. The second-order valence-electron chi connectivity index (χ2n) is 8.41. The highest BCUT2D eigenvalue weighted by atomic mass is 32.2. The van der Waals surface area contributed by atoms with Gasteiger partial charge < -0.3 is 10.1 Å². The molecular formula is C24H31N3O4S. The van der Waals surface area contributed by atoms with Crippen LogP contribution >= 0.6 is 0 Å². The lowest BCUT2D eigenvalue weighted by molar-refractivity contribution is -0.124. The summed E-state index contributed by atoms with van der Waals surface area (Å²) < 4.78 is 33.2. The van der Waals surface area contributed by atoms with Crippen LogP contribution in [0.3, 0.4) is 0 Å². The van der Waals surface area contributed by atoms with Crippen LogP contribution in [0.4, 0.5) is 0 Å². The van der Waals surface area contributed by atoms with Gasteiger partial charge in [0.05, 0.1) is 24.2 Å². The van der Waals surface area contributed by atoms with Crippen LogP contribution in [0.25, 0.3) is 0 Å². The van der Waals surface area contributed by atoms with Crippen molar-refractivity contribution in [3.05, 3.63) is 65.7 Å². The van der Waals surface area contributed by atoms with E-state index in [1.165, 1.54) is 4.31 Å². The summed E-state index contributed by atoms with van der Waals surface area (Å²) in [5.41, 5.74) is 2.12. The third-order valence-electron chi connectivity index (χ3n) is 6.27. The fraction of sp³-hybridized carbons (Fsp3) is 0.458. The van der Waals surface area contributed by atoms with Gasteiger partial charge in [0.1, 0.15) is 6.04 Å². The maximum absolute atomic E-state index is 13.2. The highest BCUT2D eigenvalue weighted by Gasteiger charge is 2.39. The number of nitrogens with one attached hydrogen (secondary N) is 1. The molecule has 2 aromatic rings. The van der Waals surface area contributed by atoms with Gasteiger partial charge in [-0.15, -0.1) is 0 Å². The molecule has 0 aromatic heterocycles. The largest absolute Gasteiger partial charge is 0.379 e. The molecule has 2 atom stereocenters. The molecule has 2 saturated heterocycles. The topological polar surface area (TPSA) is 79.0 Å². The Balaban J connectivity index is 1.47. The van der Waals surface area contributed by atoms with Gasteiger partial charge in [-0.1, -0.05) is 48.0 Å². The molecule has 1 unspecified atom stereocenters. The van der Waals surface area contributed by atoms with Crippen LogP contribution in [0.2, 0.25) is 0 Å². The second kappa shape index (κ2) is 10.1. The Labute approximate surface area is 190 Å². The van der Waals surface area contributed by atoms with Crippen LogP contribution in [-0.4, -0.2) is 69.0 Å². The summed E-state index contributed by atoms with van der Waals surface area (Å²) in [6.07, 6.45) is 1.21. The number of carbonyl (C=O) groups is 1. The molecule has 0 saturated carbocycles. The minimum Gasteiger partial charge on any atom is -0.379 e. The number of sulfonamides is 1. The molecule has 0 bridgehead atoms. The van der Waals surface area contributed by atoms with E-state index in [9.17, 15) is 13.2 Å². The Morgan fingerprint density at radius 2 is 1.75 bits per heavy atom. The Hall–Kier alpha value is -2.26. The summed E-state index contributed by atoms with van der Waals surface area (Å²) in [7, 11) is -3.72. The quantitative estimate of drug-likeness (QED) is 0.691. The zero-order chi connectivity index (χ0) is 22.6. The van der Waals surface area contributed by atoms with Crippen molar-refractivity contribution in [1.82, 2.24) is 14.5 Å². The Kier molecular flexibility index (Phi) is 7.25. The second-order valence-corrected chi connectivity index (χ2v) is 10.3. The zero-order valence-corrected chi connectivity index (χ0v) is 19.3. The van der Waals surface area contributed by atoms with Crippen molar-refractivity contribution in [3.8, 4) is 0 Å². The number of aryl methyl sites for hydroxylation is 1. The first-order valence-electron chi connectivity index (χ1n) is 11.2. The Morgan fingerprint density at radius 1 is 1.06 bits per heavy atom. The number of amides is 1. The first-order valence-corrected chi connectivity index (χ1v) is 12.6. The highest BCUT2D eigenvalue weighted by molar-refractivity contribution is 7.89. The lowest BCUT2D eigenvalue weighted by atomic mass is 10.0. The summed E-state index contributed by atoms with van der Waals surface area (Å²) in [5.74, 6) is -0.229. The van der Waals surface area contributed by atoms with Crippen molar-refractivity contribution in [2.24, 2.45) is 0 Å². The number of ether oxygens (including phenoxy) is 1. The van der Waals surface area contributed by atoms with E-state index in [2.05, 4.69) is 22.3 Å². The van der Waals surface area contributed by atoms with Crippen molar-refractivity contribution >= 4 is 15.9 Å². The van der Waals surface area contributed by atoms with E-state index in [4.69, 9.17) is 4.74 Å². The normalized spacial score (nSPS) is 21.3. The Bertz CT molecular complexity index is 1010. The molecule has 2 aromatic carbocycles. The van der Waals surface area contributed by atoms with Crippen LogP contribution in [0, 0.1) is 6.92 Å². The molecule has 2 aliphatic rings. The van der Waals surface area contributed by atoms with Crippen molar-refractivity contribution < 1.29 is 17.9 Å². The summed E-state index contributed by atoms with van der Waals surface area (Å²) in [6, 6.07) is 16.2. The van der Waals surface area contributed by atoms with Crippen molar-refractivity contribution in [2.75, 3.05) is 39.4 Å². The van der Waals surface area contributed by atoms with Gasteiger partial charge in [-0.05, 0) is 37.5 Å². The van der Waals surface area contributed by atoms with Gasteiger partial charge in [0.2, 0.25) is 15.9 Å². The van der Waals surface area contributed by atoms with Gasteiger partial charge in [0.25, 0.3) is 0 Å². The van der Waals surface area contributed by atoms with Gasteiger partial charge in [0.15, 0.2) is 0 Å². The molecule has 2 aliphatic heterocycles. The molecule has 7 nitrogen and oxygen atoms in total. The molecule has 172 valence electrons. The Morgan fingerprint density at radius 3 is 2.44 bits per heavy atom. The number of hydrogen-bond donors (Lipinski definition) is 1. The number of benzene rings is 2. The number of morpholine rings is 1. The van der Waals surface area contributed by atoms with E-state index >= 15 is 0 Å². The zero-order valence-electron chi connectivity index (χ0n) is 18.4. The summed E-state index contributed by atoms with van der Waals surface area (Å²) in [6.45, 7) is 5.64. The van der Waals surface area contributed by atoms with E-state index in [0.717, 1.165) is 24.2 Å². The third-order valence-corrected chi connectivity index (χ3v) is 8.20. The number of nitrogens with zero attached hydrogens (tertiary/aromatic N) is 2. The molecule has 1 N–H and O–H groups in total. The van der Waals surface area contributed by atoms with Gasteiger partial charge in [-0.25, -0.2) is 8.42 Å². The van der Waals surface area contributed by atoms with Gasteiger partial charge in [-0.2, -0.15) is 4.31 Å². The van der Waals surface area contributed by atoms with Gasteiger partial charge in [0, 0.05) is 26.2 Å². The maximum atomic E-state index is 13.2.